The van der Waals surface area contributed by atoms with Gasteiger partial charge in [0.15, 0.2) is 0 Å². The fourth-order valence-electron chi connectivity index (χ4n) is 2.43. The maximum atomic E-state index is 12.3. The van der Waals surface area contributed by atoms with Gasteiger partial charge in [-0.15, -0.1) is 6.58 Å². The Morgan fingerprint density at radius 2 is 1.85 bits per heavy atom. The van der Waals surface area contributed by atoms with Gasteiger partial charge in [0.25, 0.3) is 5.91 Å². The molecule has 1 heterocycles. The number of benzene rings is 2. The molecule has 1 fully saturated rings. The fourth-order valence-corrected chi connectivity index (χ4v) is 3.70. The molecule has 0 bridgehead atoms. The fraction of sp³-hybridized carbons (Fsp3) is 0.0952. The van der Waals surface area contributed by atoms with Crippen molar-refractivity contribution >= 4 is 46.3 Å². The molecule has 0 aromatic heterocycles. The molecule has 4 nitrogen and oxygen atoms in total. The average Bonchev–Trinajstić information content (AvgIpc) is 2.91. The lowest BCUT2D eigenvalue weighted by molar-refractivity contribution is -0.121. The number of carbonyl (C=O) groups is 2. The molecule has 0 aliphatic carbocycles. The number of thioether (sulfide) groups is 1. The summed E-state index contributed by atoms with van der Waals surface area (Å²) in [5.74, 6) is -0.0928. The third-order valence-corrected chi connectivity index (χ3v) is 5.24. The first-order chi connectivity index (χ1) is 13.0. The normalized spacial score (nSPS) is 15.3. The second-order valence-electron chi connectivity index (χ2n) is 5.91. The van der Waals surface area contributed by atoms with Crippen LogP contribution in [-0.4, -0.2) is 27.6 Å². The first-order valence-electron chi connectivity index (χ1n) is 8.23. The standard InChI is InChI=1S/C21H17NO3S2/c1-3-12-22-19(23)18(27-21(22)26)13-15-6-10-17(11-7-15)25-20(24)16-8-4-14(2)5-9-16/h3-11,13H,1,12H2,2H3/b18-13+. The van der Waals surface area contributed by atoms with E-state index in [2.05, 4.69) is 6.58 Å². The third-order valence-electron chi connectivity index (χ3n) is 3.86. The van der Waals surface area contributed by atoms with E-state index in [1.165, 1.54) is 16.7 Å². The molecule has 136 valence electrons. The van der Waals surface area contributed by atoms with Crippen LogP contribution < -0.4 is 4.74 Å². The Morgan fingerprint density at radius 1 is 1.19 bits per heavy atom. The number of hydrogen-bond donors (Lipinski definition) is 0. The van der Waals surface area contributed by atoms with Crippen molar-refractivity contribution < 1.29 is 14.3 Å². The second kappa shape index (κ2) is 8.33. The Labute approximate surface area is 167 Å². The van der Waals surface area contributed by atoms with E-state index in [1.54, 1.807) is 48.6 Å². The van der Waals surface area contributed by atoms with E-state index in [0.717, 1.165) is 11.1 Å². The molecule has 1 aliphatic heterocycles. The number of thiocarbonyl (C=S) groups is 1. The van der Waals surface area contributed by atoms with Crippen LogP contribution >= 0.6 is 24.0 Å². The van der Waals surface area contributed by atoms with E-state index in [1.807, 2.05) is 19.1 Å². The predicted molar refractivity (Wildman–Crippen MR) is 113 cm³/mol. The van der Waals surface area contributed by atoms with Crippen LogP contribution in [0.2, 0.25) is 0 Å². The van der Waals surface area contributed by atoms with E-state index < -0.39 is 5.97 Å². The van der Waals surface area contributed by atoms with Crippen LogP contribution in [0.1, 0.15) is 21.5 Å². The van der Waals surface area contributed by atoms with Gasteiger partial charge in [-0.05, 0) is 42.8 Å². The molecular weight excluding hydrogens is 378 g/mol. The number of aryl methyl sites for hydroxylation is 1. The van der Waals surface area contributed by atoms with Crippen molar-refractivity contribution in [2.75, 3.05) is 6.54 Å². The number of esters is 1. The smallest absolute Gasteiger partial charge is 0.343 e. The van der Waals surface area contributed by atoms with Crippen molar-refractivity contribution in [2.45, 2.75) is 6.92 Å². The summed E-state index contributed by atoms with van der Waals surface area (Å²) in [7, 11) is 0. The van der Waals surface area contributed by atoms with E-state index in [0.29, 0.717) is 27.1 Å². The molecule has 0 unspecified atom stereocenters. The summed E-state index contributed by atoms with van der Waals surface area (Å²) < 4.78 is 5.90. The summed E-state index contributed by atoms with van der Waals surface area (Å²) in [4.78, 5) is 26.6. The van der Waals surface area contributed by atoms with Crippen molar-refractivity contribution in [3.05, 3.63) is 82.8 Å². The Hall–Kier alpha value is -2.70. The Bertz CT molecular complexity index is 931. The number of ether oxygens (including phenoxy) is 1. The Morgan fingerprint density at radius 3 is 2.48 bits per heavy atom. The zero-order chi connectivity index (χ0) is 19.4. The lowest BCUT2D eigenvalue weighted by atomic mass is 10.1. The van der Waals surface area contributed by atoms with E-state index in [4.69, 9.17) is 17.0 Å². The van der Waals surface area contributed by atoms with Crippen LogP contribution in [0.5, 0.6) is 5.75 Å². The molecule has 0 saturated carbocycles. The lowest BCUT2D eigenvalue weighted by Gasteiger charge is -2.10. The van der Waals surface area contributed by atoms with Gasteiger partial charge in [0.05, 0.1) is 10.5 Å². The molecule has 1 amide bonds. The van der Waals surface area contributed by atoms with Gasteiger partial charge in [0.2, 0.25) is 0 Å². The second-order valence-corrected chi connectivity index (χ2v) is 7.58. The minimum Gasteiger partial charge on any atom is -0.423 e. The number of amides is 1. The summed E-state index contributed by atoms with van der Waals surface area (Å²) >= 11 is 6.49. The van der Waals surface area contributed by atoms with Gasteiger partial charge in [-0.3, -0.25) is 9.69 Å². The summed E-state index contributed by atoms with van der Waals surface area (Å²) in [6, 6.07) is 14.2. The summed E-state index contributed by atoms with van der Waals surface area (Å²) in [5.41, 5.74) is 2.40. The first-order valence-corrected chi connectivity index (χ1v) is 9.45. The van der Waals surface area contributed by atoms with Crippen LogP contribution in [-0.2, 0) is 4.79 Å². The molecular formula is C21H17NO3S2. The zero-order valence-electron chi connectivity index (χ0n) is 14.7. The third kappa shape index (κ3) is 4.53. The minimum atomic E-state index is -0.409. The van der Waals surface area contributed by atoms with Crippen LogP contribution in [0.25, 0.3) is 6.08 Å². The van der Waals surface area contributed by atoms with Crippen molar-refractivity contribution in [1.82, 2.24) is 4.90 Å². The topological polar surface area (TPSA) is 46.6 Å². The SMILES string of the molecule is C=CCN1C(=O)/C(=C\c2ccc(OC(=O)c3ccc(C)cc3)cc2)SC1=S. The van der Waals surface area contributed by atoms with Crippen molar-refractivity contribution in [3.8, 4) is 5.75 Å². The van der Waals surface area contributed by atoms with Crippen LogP contribution in [0.3, 0.4) is 0 Å². The maximum absolute atomic E-state index is 12.3. The Balaban J connectivity index is 1.69. The summed E-state index contributed by atoms with van der Waals surface area (Å²) in [6.45, 7) is 5.99. The number of rotatable bonds is 5. The highest BCUT2D eigenvalue weighted by Gasteiger charge is 2.30. The van der Waals surface area contributed by atoms with Crippen LogP contribution in [0.15, 0.2) is 66.1 Å². The van der Waals surface area contributed by atoms with E-state index >= 15 is 0 Å². The summed E-state index contributed by atoms with van der Waals surface area (Å²) in [5, 5.41) is 0. The first kappa shape index (κ1) is 19.1. The molecule has 0 atom stereocenters. The van der Waals surface area contributed by atoms with E-state index in [9.17, 15) is 9.59 Å². The highest BCUT2D eigenvalue weighted by atomic mass is 32.2. The molecule has 6 heteroatoms. The molecule has 0 N–H and O–H groups in total. The molecule has 1 saturated heterocycles. The largest absolute Gasteiger partial charge is 0.423 e. The van der Waals surface area contributed by atoms with Gasteiger partial charge < -0.3 is 4.74 Å². The number of hydrogen-bond acceptors (Lipinski definition) is 5. The maximum Gasteiger partial charge on any atom is 0.343 e. The molecule has 2 aromatic rings. The number of nitrogens with zero attached hydrogens (tertiary/aromatic N) is 1. The molecule has 1 aliphatic rings. The van der Waals surface area contributed by atoms with Crippen molar-refractivity contribution in [1.29, 1.82) is 0 Å². The zero-order valence-corrected chi connectivity index (χ0v) is 16.3. The minimum absolute atomic E-state index is 0.125. The average molecular weight is 396 g/mol. The van der Waals surface area contributed by atoms with Gasteiger partial charge in [-0.2, -0.15) is 0 Å². The molecule has 27 heavy (non-hydrogen) atoms. The van der Waals surface area contributed by atoms with Crippen LogP contribution in [0, 0.1) is 6.92 Å². The Kier molecular flexibility index (Phi) is 5.88. The van der Waals surface area contributed by atoms with Gasteiger partial charge in [0.1, 0.15) is 10.1 Å². The molecule has 3 rings (SSSR count). The summed E-state index contributed by atoms with van der Waals surface area (Å²) in [6.07, 6.45) is 3.42. The number of carbonyl (C=O) groups excluding carboxylic acids is 2. The predicted octanol–water partition coefficient (Wildman–Crippen LogP) is 4.60. The van der Waals surface area contributed by atoms with Crippen LogP contribution in [0.4, 0.5) is 0 Å². The highest BCUT2D eigenvalue weighted by molar-refractivity contribution is 8.26. The molecule has 0 radical (unpaired) electrons. The van der Waals surface area contributed by atoms with E-state index in [-0.39, 0.29) is 5.91 Å². The highest BCUT2D eigenvalue weighted by Crippen LogP contribution is 2.32. The lowest BCUT2D eigenvalue weighted by Crippen LogP contribution is -2.27. The molecule has 0 spiro atoms. The van der Waals surface area contributed by atoms with Gasteiger partial charge in [-0.1, -0.05) is 59.9 Å². The van der Waals surface area contributed by atoms with Gasteiger partial charge in [0, 0.05) is 6.54 Å². The van der Waals surface area contributed by atoms with Gasteiger partial charge >= 0.3 is 5.97 Å². The van der Waals surface area contributed by atoms with Crippen molar-refractivity contribution in [2.24, 2.45) is 0 Å². The monoisotopic (exact) mass is 395 g/mol. The van der Waals surface area contributed by atoms with Crippen molar-refractivity contribution in [3.63, 3.8) is 0 Å². The van der Waals surface area contributed by atoms with Gasteiger partial charge in [-0.25, -0.2) is 4.79 Å². The quantitative estimate of drug-likeness (QED) is 0.243. The molecule has 2 aromatic carbocycles.